The lowest BCUT2D eigenvalue weighted by molar-refractivity contribution is 0.0961. The van der Waals surface area contributed by atoms with Gasteiger partial charge < -0.3 is 4.74 Å². The third kappa shape index (κ3) is 5.04. The number of hydrazine groups is 1. The van der Waals surface area contributed by atoms with E-state index in [4.69, 9.17) is 4.74 Å². The van der Waals surface area contributed by atoms with E-state index >= 15 is 0 Å². The summed E-state index contributed by atoms with van der Waals surface area (Å²) in [6.45, 7) is 0. The number of benzene rings is 3. The number of carbonyl (C=O) groups excluding carboxylic acids is 2. The molecule has 1 amide bonds. The number of carbonyl (C=O) groups is 2. The second-order valence-electron chi connectivity index (χ2n) is 6.76. The number of hydrogen-bond donors (Lipinski definition) is 2. The van der Waals surface area contributed by atoms with E-state index in [1.807, 2.05) is 30.3 Å². The molecule has 0 bridgehead atoms. The molecule has 160 valence electrons. The Morgan fingerprint density at radius 2 is 1.59 bits per heavy atom. The fourth-order valence-electron chi connectivity index (χ4n) is 2.98. The van der Waals surface area contributed by atoms with Crippen molar-refractivity contribution in [3.8, 4) is 5.75 Å². The lowest BCUT2D eigenvalue weighted by Gasteiger charge is -2.11. The third-order valence-corrected chi connectivity index (χ3v) is 5.50. The fourth-order valence-corrected chi connectivity index (χ4v) is 3.73. The van der Waals surface area contributed by atoms with Crippen LogP contribution in [0, 0.1) is 0 Å². The van der Waals surface area contributed by atoms with Gasteiger partial charge in [0.1, 0.15) is 5.75 Å². The predicted octanol–water partition coefficient (Wildman–Crippen LogP) is 4.37. The molecule has 0 radical (unpaired) electrons. The number of ether oxygens (including phenoxy) is 1. The molecule has 0 aliphatic carbocycles. The number of hydrogen-bond acceptors (Lipinski definition) is 7. The molecule has 7 nitrogen and oxygen atoms in total. The van der Waals surface area contributed by atoms with Crippen molar-refractivity contribution in [2.75, 3.05) is 18.3 Å². The number of fused-ring (bicyclic) bond motifs is 1. The summed E-state index contributed by atoms with van der Waals surface area (Å²) in [7, 11) is 1.58. The van der Waals surface area contributed by atoms with Crippen molar-refractivity contribution < 1.29 is 14.3 Å². The summed E-state index contributed by atoms with van der Waals surface area (Å²) in [5, 5.41) is 1.19. The van der Waals surface area contributed by atoms with Crippen molar-refractivity contribution in [1.29, 1.82) is 0 Å². The minimum atomic E-state index is -0.280. The molecule has 0 spiro atoms. The van der Waals surface area contributed by atoms with Gasteiger partial charge in [-0.3, -0.25) is 20.4 Å². The van der Waals surface area contributed by atoms with E-state index in [0.29, 0.717) is 33.4 Å². The maximum absolute atomic E-state index is 12.5. The molecule has 4 rings (SSSR count). The zero-order valence-electron chi connectivity index (χ0n) is 17.2. The molecule has 0 unspecified atom stereocenters. The van der Waals surface area contributed by atoms with Crippen LogP contribution in [0.2, 0.25) is 0 Å². The van der Waals surface area contributed by atoms with Crippen LogP contribution in [0.5, 0.6) is 5.75 Å². The number of para-hydroxylation sites is 1. The van der Waals surface area contributed by atoms with E-state index in [1.54, 1.807) is 55.6 Å². The summed E-state index contributed by atoms with van der Waals surface area (Å²) in [5.74, 6) is 1.01. The maximum atomic E-state index is 12.5. The first-order valence-corrected chi connectivity index (χ1v) is 10.8. The summed E-state index contributed by atoms with van der Waals surface area (Å²) >= 11 is 1.24. The van der Waals surface area contributed by atoms with Gasteiger partial charge >= 0.3 is 0 Å². The number of nitrogens with one attached hydrogen (secondary N) is 2. The number of ketones is 1. The Balaban J connectivity index is 1.49. The molecule has 0 saturated carbocycles. The van der Waals surface area contributed by atoms with Crippen molar-refractivity contribution in [1.82, 2.24) is 15.4 Å². The largest absolute Gasteiger partial charge is 0.497 e. The highest BCUT2D eigenvalue weighted by atomic mass is 32.2. The Hall–Kier alpha value is -3.91. The van der Waals surface area contributed by atoms with Crippen molar-refractivity contribution >= 4 is 40.2 Å². The van der Waals surface area contributed by atoms with Gasteiger partial charge in [-0.15, -0.1) is 0 Å². The van der Waals surface area contributed by atoms with Gasteiger partial charge in [0.15, 0.2) is 16.8 Å². The molecule has 0 saturated heterocycles. The van der Waals surface area contributed by atoms with E-state index in [2.05, 4.69) is 20.8 Å². The summed E-state index contributed by atoms with van der Waals surface area (Å²) in [4.78, 5) is 34.0. The van der Waals surface area contributed by atoms with E-state index in [9.17, 15) is 9.59 Å². The number of methoxy groups -OCH3 is 1. The predicted molar refractivity (Wildman–Crippen MR) is 125 cm³/mol. The highest BCUT2D eigenvalue weighted by Gasteiger charge is 2.13. The summed E-state index contributed by atoms with van der Waals surface area (Å²) in [6, 6.07) is 23.3. The zero-order valence-corrected chi connectivity index (χ0v) is 18.1. The molecule has 8 heteroatoms. The smallest absolute Gasteiger partial charge is 0.269 e. The Kier molecular flexibility index (Phi) is 6.62. The van der Waals surface area contributed by atoms with Crippen molar-refractivity contribution in [2.24, 2.45) is 0 Å². The van der Waals surface area contributed by atoms with E-state index in [0.717, 1.165) is 5.39 Å². The van der Waals surface area contributed by atoms with E-state index in [1.165, 1.54) is 11.8 Å². The minimum absolute atomic E-state index is 0.0405. The highest BCUT2D eigenvalue weighted by molar-refractivity contribution is 7.99. The highest BCUT2D eigenvalue weighted by Crippen LogP contribution is 2.25. The number of anilines is 1. The average Bonchev–Trinajstić information content (AvgIpc) is 2.86. The first-order chi connectivity index (χ1) is 15.6. The summed E-state index contributed by atoms with van der Waals surface area (Å²) < 4.78 is 5.13. The van der Waals surface area contributed by atoms with Crippen LogP contribution in [0.15, 0.2) is 84.0 Å². The van der Waals surface area contributed by atoms with Crippen LogP contribution in [0.25, 0.3) is 10.9 Å². The molecule has 1 heterocycles. The number of thioether (sulfide) groups is 1. The monoisotopic (exact) mass is 444 g/mol. The Morgan fingerprint density at radius 3 is 2.34 bits per heavy atom. The number of nitrogens with zero attached hydrogens (tertiary/aromatic N) is 2. The number of aromatic nitrogens is 2. The Labute approximate surface area is 189 Å². The van der Waals surface area contributed by atoms with Crippen molar-refractivity contribution in [2.45, 2.75) is 5.16 Å². The molecule has 2 N–H and O–H groups in total. The second kappa shape index (κ2) is 9.93. The average molecular weight is 445 g/mol. The van der Waals surface area contributed by atoms with Gasteiger partial charge in [0, 0.05) is 16.5 Å². The SMILES string of the molecule is COc1ccc(C(=O)CSc2nc(NNC(=O)c3ccccc3)c3ccccc3n2)cc1. The van der Waals surface area contributed by atoms with Gasteiger partial charge in [-0.05, 0) is 48.5 Å². The normalized spacial score (nSPS) is 10.5. The van der Waals surface area contributed by atoms with Gasteiger partial charge in [-0.1, -0.05) is 42.1 Å². The molecular weight excluding hydrogens is 424 g/mol. The molecule has 4 aromatic rings. The fraction of sp³-hybridized carbons (Fsp3) is 0.0833. The lowest BCUT2D eigenvalue weighted by atomic mass is 10.1. The van der Waals surface area contributed by atoms with Crippen LogP contribution in [-0.4, -0.2) is 34.5 Å². The quantitative estimate of drug-likeness (QED) is 0.180. The van der Waals surface area contributed by atoms with Gasteiger partial charge in [0.05, 0.1) is 18.4 Å². The molecule has 0 aliphatic rings. The number of Topliss-reactive ketones (excluding diaryl/α,β-unsaturated/α-hetero) is 1. The van der Waals surface area contributed by atoms with Crippen LogP contribution in [-0.2, 0) is 0 Å². The first kappa shape index (κ1) is 21.3. The number of amides is 1. The zero-order chi connectivity index (χ0) is 22.3. The summed E-state index contributed by atoms with van der Waals surface area (Å²) in [5.41, 5.74) is 7.39. The first-order valence-electron chi connectivity index (χ1n) is 9.82. The molecule has 3 aromatic carbocycles. The molecule has 0 fully saturated rings. The van der Waals surface area contributed by atoms with Crippen molar-refractivity contribution in [3.63, 3.8) is 0 Å². The van der Waals surface area contributed by atoms with E-state index in [-0.39, 0.29) is 17.4 Å². The van der Waals surface area contributed by atoms with Gasteiger partial charge in [0.2, 0.25) is 0 Å². The van der Waals surface area contributed by atoms with Crippen LogP contribution in [0.3, 0.4) is 0 Å². The molecule has 0 atom stereocenters. The van der Waals surface area contributed by atoms with Gasteiger partial charge in [-0.25, -0.2) is 9.97 Å². The van der Waals surface area contributed by atoms with Crippen LogP contribution >= 0.6 is 11.8 Å². The molecule has 32 heavy (non-hydrogen) atoms. The minimum Gasteiger partial charge on any atom is -0.497 e. The third-order valence-electron chi connectivity index (χ3n) is 4.66. The van der Waals surface area contributed by atoms with Gasteiger partial charge in [-0.2, -0.15) is 0 Å². The van der Waals surface area contributed by atoms with E-state index < -0.39 is 0 Å². The van der Waals surface area contributed by atoms with Crippen LogP contribution in [0.4, 0.5) is 5.82 Å². The molecule has 1 aromatic heterocycles. The lowest BCUT2D eigenvalue weighted by Crippen LogP contribution is -2.30. The topological polar surface area (TPSA) is 93.2 Å². The number of rotatable bonds is 8. The van der Waals surface area contributed by atoms with Crippen molar-refractivity contribution in [3.05, 3.63) is 90.0 Å². The maximum Gasteiger partial charge on any atom is 0.269 e. The molecule has 0 aliphatic heterocycles. The summed E-state index contributed by atoms with van der Waals surface area (Å²) in [6.07, 6.45) is 0. The van der Waals surface area contributed by atoms with Crippen LogP contribution < -0.4 is 15.6 Å². The Morgan fingerprint density at radius 1 is 0.875 bits per heavy atom. The Bertz CT molecular complexity index is 1250. The second-order valence-corrected chi connectivity index (χ2v) is 7.70. The standard InChI is InChI=1S/C24H20N4O3S/c1-31-18-13-11-16(12-14-18)21(29)15-32-24-25-20-10-6-5-9-19(20)22(26-24)27-28-23(30)17-7-3-2-4-8-17/h2-14H,15H2,1H3,(H,28,30)(H,25,26,27). The molecular formula is C24H20N4O3S. The van der Waals surface area contributed by atoms with Gasteiger partial charge in [0.25, 0.3) is 5.91 Å². The van der Waals surface area contributed by atoms with Crippen LogP contribution in [0.1, 0.15) is 20.7 Å².